The van der Waals surface area contributed by atoms with Gasteiger partial charge in [-0.2, -0.15) is 0 Å². The summed E-state index contributed by atoms with van der Waals surface area (Å²) in [6.07, 6.45) is 0.713. The first-order valence-electron chi connectivity index (χ1n) is 8.32. The molecule has 2 rings (SSSR count). The molecule has 0 N–H and O–H groups in total. The molecule has 5 nitrogen and oxygen atoms in total. The highest BCUT2D eigenvalue weighted by Crippen LogP contribution is 2.29. The maximum atomic E-state index is 12.7. The van der Waals surface area contributed by atoms with Crippen LogP contribution in [0, 0.1) is 6.92 Å². The molecule has 26 heavy (non-hydrogen) atoms. The number of benzene rings is 2. The zero-order chi connectivity index (χ0) is 19.1. The van der Waals surface area contributed by atoms with Crippen LogP contribution in [0.5, 0.6) is 17.2 Å². The zero-order valence-electron chi connectivity index (χ0n) is 15.5. The van der Waals surface area contributed by atoms with Crippen LogP contribution in [0.25, 0.3) is 0 Å². The third-order valence-corrected chi connectivity index (χ3v) is 4.32. The summed E-state index contributed by atoms with van der Waals surface area (Å²) in [5.74, 6) is 1.93. The van der Waals surface area contributed by atoms with Gasteiger partial charge >= 0.3 is 0 Å². The number of rotatable bonds is 8. The molecule has 1 amide bonds. The molecule has 0 radical (unpaired) electrons. The molecule has 2 aromatic rings. The van der Waals surface area contributed by atoms with Crippen molar-refractivity contribution < 1.29 is 19.0 Å². The van der Waals surface area contributed by atoms with E-state index in [9.17, 15) is 4.79 Å². The van der Waals surface area contributed by atoms with E-state index in [0.29, 0.717) is 41.7 Å². The zero-order valence-corrected chi connectivity index (χ0v) is 16.3. The highest BCUT2D eigenvalue weighted by Gasteiger charge is 2.16. The number of hydrogen-bond acceptors (Lipinski definition) is 4. The number of carbonyl (C=O) groups is 1. The van der Waals surface area contributed by atoms with Crippen molar-refractivity contribution >= 4 is 17.5 Å². The molecular weight excluding hydrogens is 354 g/mol. The van der Waals surface area contributed by atoms with Crippen molar-refractivity contribution in [2.45, 2.75) is 13.3 Å². The lowest BCUT2D eigenvalue weighted by Crippen LogP contribution is -2.28. The lowest BCUT2D eigenvalue weighted by Gasteiger charge is -2.19. The van der Waals surface area contributed by atoms with Gasteiger partial charge < -0.3 is 19.1 Å². The van der Waals surface area contributed by atoms with E-state index in [1.54, 1.807) is 50.4 Å². The van der Waals surface area contributed by atoms with Crippen LogP contribution >= 0.6 is 11.6 Å². The van der Waals surface area contributed by atoms with Gasteiger partial charge in [0.2, 0.25) is 0 Å². The van der Waals surface area contributed by atoms with Crippen molar-refractivity contribution in [3.8, 4) is 17.2 Å². The van der Waals surface area contributed by atoms with Crippen molar-refractivity contribution in [1.29, 1.82) is 0 Å². The largest absolute Gasteiger partial charge is 0.496 e. The van der Waals surface area contributed by atoms with E-state index < -0.39 is 0 Å². The SMILES string of the molecule is COc1cc(C(=O)N(C)CCCOc2ccc(Cl)cc2)cc(OC)c1C. The van der Waals surface area contributed by atoms with Gasteiger partial charge in [-0.25, -0.2) is 0 Å². The molecule has 0 aromatic heterocycles. The molecule has 0 aliphatic heterocycles. The van der Waals surface area contributed by atoms with E-state index >= 15 is 0 Å². The quantitative estimate of drug-likeness (QED) is 0.647. The Kier molecular flexibility index (Phi) is 7.16. The summed E-state index contributed by atoms with van der Waals surface area (Å²) in [5.41, 5.74) is 1.40. The Hall–Kier alpha value is -2.40. The van der Waals surface area contributed by atoms with Gasteiger partial charge in [-0.15, -0.1) is 0 Å². The standard InChI is InChI=1S/C20H24ClNO4/c1-14-18(24-3)12-15(13-19(14)25-4)20(23)22(2)10-5-11-26-17-8-6-16(21)7-9-17/h6-9,12-13H,5,10-11H2,1-4H3. The number of amides is 1. The van der Waals surface area contributed by atoms with Gasteiger partial charge in [0, 0.05) is 29.7 Å². The number of carbonyl (C=O) groups excluding carboxylic acids is 1. The molecule has 2 aromatic carbocycles. The summed E-state index contributed by atoms with van der Waals surface area (Å²) < 4.78 is 16.3. The fourth-order valence-corrected chi connectivity index (χ4v) is 2.68. The molecule has 0 aliphatic rings. The second-order valence-corrected chi connectivity index (χ2v) is 6.32. The molecular formula is C20H24ClNO4. The first kappa shape index (κ1) is 19.9. The van der Waals surface area contributed by atoms with Crippen molar-refractivity contribution in [2.75, 3.05) is 34.4 Å². The topological polar surface area (TPSA) is 48.0 Å². The summed E-state index contributed by atoms with van der Waals surface area (Å²) in [5, 5.41) is 0.673. The number of hydrogen-bond donors (Lipinski definition) is 0. The third kappa shape index (κ3) is 5.05. The van der Waals surface area contributed by atoms with Gasteiger partial charge in [-0.1, -0.05) is 11.6 Å². The highest BCUT2D eigenvalue weighted by atomic mass is 35.5. The molecule has 0 spiro atoms. The number of methoxy groups -OCH3 is 2. The van der Waals surface area contributed by atoms with Crippen LogP contribution in [0.3, 0.4) is 0 Å². The second-order valence-electron chi connectivity index (χ2n) is 5.89. The van der Waals surface area contributed by atoms with E-state index in [4.69, 9.17) is 25.8 Å². The van der Waals surface area contributed by atoms with Crippen LogP contribution in [0.15, 0.2) is 36.4 Å². The number of halogens is 1. The highest BCUT2D eigenvalue weighted by molar-refractivity contribution is 6.30. The summed E-state index contributed by atoms with van der Waals surface area (Å²) in [7, 11) is 4.92. The minimum Gasteiger partial charge on any atom is -0.496 e. The fourth-order valence-electron chi connectivity index (χ4n) is 2.55. The average molecular weight is 378 g/mol. The summed E-state index contributed by atoms with van der Waals surface area (Å²) in [6, 6.07) is 10.7. The van der Waals surface area contributed by atoms with Crippen LogP contribution < -0.4 is 14.2 Å². The van der Waals surface area contributed by atoms with E-state index in [2.05, 4.69) is 0 Å². The first-order valence-corrected chi connectivity index (χ1v) is 8.70. The molecule has 140 valence electrons. The minimum atomic E-state index is -0.0897. The molecule has 0 heterocycles. The van der Waals surface area contributed by atoms with Gasteiger partial charge in [-0.05, 0) is 49.7 Å². The summed E-state index contributed by atoms with van der Waals surface area (Å²) in [6.45, 7) is 2.98. The first-order chi connectivity index (χ1) is 12.5. The Morgan fingerprint density at radius 1 is 1.08 bits per heavy atom. The predicted octanol–water partition coefficient (Wildman–Crippen LogP) is 4.21. The Balaban J connectivity index is 1.91. The predicted molar refractivity (Wildman–Crippen MR) is 103 cm³/mol. The Labute approximate surface area is 159 Å². The fraction of sp³-hybridized carbons (Fsp3) is 0.350. The maximum Gasteiger partial charge on any atom is 0.253 e. The molecule has 0 aliphatic carbocycles. The van der Waals surface area contributed by atoms with Crippen LogP contribution in [0.4, 0.5) is 0 Å². The second kappa shape index (κ2) is 9.34. The van der Waals surface area contributed by atoms with Crippen LogP contribution in [0.1, 0.15) is 22.3 Å². The van der Waals surface area contributed by atoms with Gasteiger partial charge in [-0.3, -0.25) is 4.79 Å². The third-order valence-electron chi connectivity index (χ3n) is 4.07. The normalized spacial score (nSPS) is 10.3. The van der Waals surface area contributed by atoms with Crippen molar-refractivity contribution in [2.24, 2.45) is 0 Å². The summed E-state index contributed by atoms with van der Waals surface area (Å²) in [4.78, 5) is 14.3. The number of nitrogens with zero attached hydrogens (tertiary/aromatic N) is 1. The Bertz CT molecular complexity index is 721. The van der Waals surface area contributed by atoms with Crippen molar-refractivity contribution in [3.05, 3.63) is 52.5 Å². The maximum absolute atomic E-state index is 12.7. The van der Waals surface area contributed by atoms with E-state index in [0.717, 1.165) is 11.3 Å². The molecule has 0 bridgehead atoms. The van der Waals surface area contributed by atoms with Crippen molar-refractivity contribution in [1.82, 2.24) is 4.90 Å². The lowest BCUT2D eigenvalue weighted by molar-refractivity contribution is 0.0787. The molecule has 0 fully saturated rings. The molecule has 0 saturated heterocycles. The van der Waals surface area contributed by atoms with Gasteiger partial charge in [0.15, 0.2) is 0 Å². The lowest BCUT2D eigenvalue weighted by atomic mass is 10.1. The van der Waals surface area contributed by atoms with Crippen molar-refractivity contribution in [3.63, 3.8) is 0 Å². The number of ether oxygens (including phenoxy) is 3. The van der Waals surface area contributed by atoms with E-state index in [1.807, 2.05) is 19.1 Å². The van der Waals surface area contributed by atoms with Gasteiger partial charge in [0.05, 0.1) is 20.8 Å². The van der Waals surface area contributed by atoms with Crippen LogP contribution in [0.2, 0.25) is 5.02 Å². The Morgan fingerprint density at radius 3 is 2.19 bits per heavy atom. The van der Waals surface area contributed by atoms with E-state index in [1.165, 1.54) is 0 Å². The summed E-state index contributed by atoms with van der Waals surface area (Å²) >= 11 is 5.84. The molecule has 0 unspecified atom stereocenters. The molecule has 0 saturated carbocycles. The van der Waals surface area contributed by atoms with Crippen LogP contribution in [-0.2, 0) is 0 Å². The smallest absolute Gasteiger partial charge is 0.253 e. The van der Waals surface area contributed by atoms with Crippen LogP contribution in [-0.4, -0.2) is 45.2 Å². The molecule has 0 atom stereocenters. The molecule has 6 heteroatoms. The average Bonchev–Trinajstić information content (AvgIpc) is 2.66. The Morgan fingerprint density at radius 2 is 1.65 bits per heavy atom. The van der Waals surface area contributed by atoms with Gasteiger partial charge in [0.25, 0.3) is 5.91 Å². The van der Waals surface area contributed by atoms with Gasteiger partial charge in [0.1, 0.15) is 17.2 Å². The minimum absolute atomic E-state index is 0.0897. The monoisotopic (exact) mass is 377 g/mol. The van der Waals surface area contributed by atoms with E-state index in [-0.39, 0.29) is 5.91 Å².